The third-order valence-corrected chi connectivity index (χ3v) is 3.15. The lowest BCUT2D eigenvalue weighted by molar-refractivity contribution is -0.137. The van der Waals surface area contributed by atoms with Crippen molar-refractivity contribution < 1.29 is 24.2 Å². The molecule has 0 aromatic heterocycles. The van der Waals surface area contributed by atoms with Crippen molar-refractivity contribution in [2.24, 2.45) is 0 Å². The van der Waals surface area contributed by atoms with Crippen LogP contribution < -0.4 is 4.74 Å². The van der Waals surface area contributed by atoms with Crippen LogP contribution in [0, 0.1) is 6.92 Å². The molecule has 1 aromatic rings. The Kier molecular flexibility index (Phi) is 4.57. The summed E-state index contributed by atoms with van der Waals surface area (Å²) in [5.74, 6) is -0.975. The molecule has 0 spiro atoms. The summed E-state index contributed by atoms with van der Waals surface area (Å²) in [4.78, 5) is 24.7. The monoisotopic (exact) mass is 279 g/mol. The molecule has 1 N–H and O–H groups in total. The Hall–Kier alpha value is -2.08. The fourth-order valence-electron chi connectivity index (χ4n) is 2.05. The molecular formula is C14H17NO5. The number of ether oxygens (including phenoxy) is 2. The van der Waals surface area contributed by atoms with Crippen molar-refractivity contribution in [3.05, 3.63) is 29.3 Å². The van der Waals surface area contributed by atoms with Gasteiger partial charge in [0.1, 0.15) is 11.3 Å². The maximum atomic E-state index is 12.0. The number of aromatic carboxylic acids is 1. The summed E-state index contributed by atoms with van der Waals surface area (Å²) in [5.41, 5.74) is 0.763. The van der Waals surface area contributed by atoms with E-state index in [2.05, 4.69) is 0 Å². The summed E-state index contributed by atoms with van der Waals surface area (Å²) in [5, 5.41) is 9.11. The SMILES string of the molecule is Cc1cccc(C(=O)O)c1OCC(=O)N1CCOCC1. The first-order chi connectivity index (χ1) is 9.59. The molecule has 20 heavy (non-hydrogen) atoms. The van der Waals surface area contributed by atoms with Gasteiger partial charge in [0, 0.05) is 13.1 Å². The molecule has 0 bridgehead atoms. The first kappa shape index (κ1) is 14.3. The molecule has 1 aliphatic heterocycles. The predicted octanol–water partition coefficient (Wildman–Crippen LogP) is 0.931. The fraction of sp³-hybridized carbons (Fsp3) is 0.429. The van der Waals surface area contributed by atoms with Crippen LogP contribution in [0.1, 0.15) is 15.9 Å². The van der Waals surface area contributed by atoms with E-state index in [4.69, 9.17) is 14.6 Å². The normalized spacial score (nSPS) is 14.9. The molecule has 1 amide bonds. The summed E-state index contributed by atoms with van der Waals surface area (Å²) in [7, 11) is 0. The third-order valence-electron chi connectivity index (χ3n) is 3.15. The van der Waals surface area contributed by atoms with Crippen LogP contribution in [0.2, 0.25) is 0 Å². The maximum Gasteiger partial charge on any atom is 0.339 e. The van der Waals surface area contributed by atoms with Gasteiger partial charge in [-0.15, -0.1) is 0 Å². The zero-order chi connectivity index (χ0) is 14.5. The van der Waals surface area contributed by atoms with Gasteiger partial charge in [-0.25, -0.2) is 4.79 Å². The van der Waals surface area contributed by atoms with Crippen molar-refractivity contribution in [3.63, 3.8) is 0 Å². The van der Waals surface area contributed by atoms with E-state index < -0.39 is 5.97 Å². The van der Waals surface area contributed by atoms with Crippen LogP contribution in [0.15, 0.2) is 18.2 Å². The molecule has 1 aliphatic rings. The maximum absolute atomic E-state index is 12.0. The predicted molar refractivity (Wildman–Crippen MR) is 71.0 cm³/mol. The Morgan fingerprint density at radius 1 is 1.35 bits per heavy atom. The highest BCUT2D eigenvalue weighted by Crippen LogP contribution is 2.23. The van der Waals surface area contributed by atoms with Gasteiger partial charge in [-0.2, -0.15) is 0 Å². The standard InChI is InChI=1S/C14H17NO5/c1-10-3-2-4-11(14(17)18)13(10)20-9-12(16)15-5-7-19-8-6-15/h2-4H,5-9H2,1H3,(H,17,18). The molecule has 0 atom stereocenters. The number of benzene rings is 1. The van der Waals surface area contributed by atoms with E-state index >= 15 is 0 Å². The van der Waals surface area contributed by atoms with Crippen molar-refractivity contribution >= 4 is 11.9 Å². The van der Waals surface area contributed by atoms with Crippen LogP contribution in [0.4, 0.5) is 0 Å². The molecule has 1 heterocycles. The number of morpholine rings is 1. The Morgan fingerprint density at radius 2 is 2.05 bits per heavy atom. The van der Waals surface area contributed by atoms with Crippen LogP contribution in [0.3, 0.4) is 0 Å². The van der Waals surface area contributed by atoms with Gasteiger partial charge < -0.3 is 19.5 Å². The van der Waals surface area contributed by atoms with Crippen molar-refractivity contribution in [1.82, 2.24) is 4.90 Å². The summed E-state index contributed by atoms with van der Waals surface area (Å²) in [6.45, 7) is 3.72. The molecule has 6 heteroatoms. The molecule has 0 aliphatic carbocycles. The molecule has 1 saturated heterocycles. The van der Waals surface area contributed by atoms with E-state index in [0.29, 0.717) is 31.9 Å². The minimum absolute atomic E-state index is 0.0692. The fourth-order valence-corrected chi connectivity index (χ4v) is 2.05. The van der Waals surface area contributed by atoms with Crippen LogP contribution in [0.5, 0.6) is 5.75 Å². The Balaban J connectivity index is 2.03. The second-order valence-corrected chi connectivity index (χ2v) is 4.54. The Labute approximate surface area is 116 Å². The van der Waals surface area contributed by atoms with Crippen molar-refractivity contribution in [2.45, 2.75) is 6.92 Å². The van der Waals surface area contributed by atoms with Crippen molar-refractivity contribution in [3.8, 4) is 5.75 Å². The van der Waals surface area contributed by atoms with E-state index in [1.165, 1.54) is 6.07 Å². The number of nitrogens with zero attached hydrogens (tertiary/aromatic N) is 1. The second kappa shape index (κ2) is 6.38. The highest BCUT2D eigenvalue weighted by molar-refractivity contribution is 5.91. The topological polar surface area (TPSA) is 76.1 Å². The molecule has 6 nitrogen and oxygen atoms in total. The number of hydrogen-bond donors (Lipinski definition) is 1. The van der Waals surface area contributed by atoms with Crippen molar-refractivity contribution in [1.29, 1.82) is 0 Å². The largest absolute Gasteiger partial charge is 0.483 e. The van der Waals surface area contributed by atoms with Crippen LogP contribution >= 0.6 is 0 Å². The summed E-state index contributed by atoms with van der Waals surface area (Å²) in [6, 6.07) is 4.86. The van der Waals surface area contributed by atoms with Crippen LogP contribution in [-0.2, 0) is 9.53 Å². The van der Waals surface area contributed by atoms with Gasteiger partial charge in [0.05, 0.1) is 13.2 Å². The lowest BCUT2D eigenvalue weighted by atomic mass is 10.1. The molecule has 0 unspecified atom stereocenters. The van der Waals surface area contributed by atoms with Gasteiger partial charge >= 0.3 is 5.97 Å². The summed E-state index contributed by atoms with van der Waals surface area (Å²) < 4.78 is 10.6. The van der Waals surface area contributed by atoms with Gasteiger partial charge in [0.15, 0.2) is 6.61 Å². The second-order valence-electron chi connectivity index (χ2n) is 4.54. The minimum Gasteiger partial charge on any atom is -0.483 e. The molecule has 2 rings (SSSR count). The van der Waals surface area contributed by atoms with Gasteiger partial charge in [-0.1, -0.05) is 12.1 Å². The van der Waals surface area contributed by atoms with E-state index in [1.54, 1.807) is 24.0 Å². The highest BCUT2D eigenvalue weighted by atomic mass is 16.5. The average molecular weight is 279 g/mol. The van der Waals surface area contributed by atoms with Gasteiger partial charge in [0.2, 0.25) is 0 Å². The van der Waals surface area contributed by atoms with E-state index in [0.717, 1.165) is 0 Å². The number of hydrogen-bond acceptors (Lipinski definition) is 4. The number of aryl methyl sites for hydroxylation is 1. The lowest BCUT2D eigenvalue weighted by Gasteiger charge is -2.26. The molecular weight excluding hydrogens is 262 g/mol. The third kappa shape index (κ3) is 3.27. The first-order valence-corrected chi connectivity index (χ1v) is 6.41. The Bertz CT molecular complexity index is 508. The van der Waals surface area contributed by atoms with Crippen LogP contribution in [0.25, 0.3) is 0 Å². The number of amides is 1. The number of carbonyl (C=O) groups is 2. The summed E-state index contributed by atoms with van der Waals surface area (Å²) >= 11 is 0. The van der Waals surface area contributed by atoms with E-state index in [9.17, 15) is 9.59 Å². The van der Waals surface area contributed by atoms with E-state index in [1.807, 2.05) is 0 Å². The van der Waals surface area contributed by atoms with Crippen molar-refractivity contribution in [2.75, 3.05) is 32.9 Å². The number of rotatable bonds is 4. The van der Waals surface area contributed by atoms with Gasteiger partial charge in [-0.3, -0.25) is 4.79 Å². The molecule has 108 valence electrons. The quantitative estimate of drug-likeness (QED) is 0.887. The zero-order valence-corrected chi connectivity index (χ0v) is 11.3. The number of carbonyl (C=O) groups excluding carboxylic acids is 1. The zero-order valence-electron chi connectivity index (χ0n) is 11.3. The van der Waals surface area contributed by atoms with Crippen LogP contribution in [-0.4, -0.2) is 54.8 Å². The minimum atomic E-state index is -1.07. The van der Waals surface area contributed by atoms with E-state index in [-0.39, 0.29) is 23.8 Å². The molecule has 0 radical (unpaired) electrons. The first-order valence-electron chi connectivity index (χ1n) is 6.41. The number of carboxylic acids is 1. The molecule has 0 saturated carbocycles. The molecule has 1 aromatic carbocycles. The van der Waals surface area contributed by atoms with Gasteiger partial charge in [-0.05, 0) is 18.6 Å². The smallest absolute Gasteiger partial charge is 0.339 e. The molecule has 1 fully saturated rings. The van der Waals surface area contributed by atoms with Gasteiger partial charge in [0.25, 0.3) is 5.91 Å². The number of para-hydroxylation sites is 1. The Morgan fingerprint density at radius 3 is 2.70 bits per heavy atom. The number of carboxylic acid groups (broad SMARTS) is 1. The highest BCUT2D eigenvalue weighted by Gasteiger charge is 2.19. The summed E-state index contributed by atoms with van der Waals surface area (Å²) in [6.07, 6.45) is 0. The average Bonchev–Trinajstić information content (AvgIpc) is 2.46. The lowest BCUT2D eigenvalue weighted by Crippen LogP contribution is -2.43.